The lowest BCUT2D eigenvalue weighted by Crippen LogP contribution is -2.57. The molecule has 4 heterocycles. The van der Waals surface area contributed by atoms with Gasteiger partial charge in [-0.05, 0) is 38.5 Å². The van der Waals surface area contributed by atoms with E-state index in [0.717, 1.165) is 6.42 Å². The number of carbonyl (C=O) groups excluding carboxylic acids is 5. The molecule has 0 spiro atoms. The number of carbonyl (C=O) groups is 5. The van der Waals surface area contributed by atoms with Crippen molar-refractivity contribution in [2.24, 2.45) is 5.73 Å². The van der Waals surface area contributed by atoms with Crippen LogP contribution in [0.1, 0.15) is 51.1 Å². The number of amides is 5. The first kappa shape index (κ1) is 24.7. The van der Waals surface area contributed by atoms with E-state index in [1.165, 1.54) is 18.2 Å². The molecule has 3 saturated heterocycles. The van der Waals surface area contributed by atoms with E-state index >= 15 is 0 Å². The van der Waals surface area contributed by atoms with E-state index in [4.69, 9.17) is 5.73 Å². The summed E-state index contributed by atoms with van der Waals surface area (Å²) in [6.45, 7) is 2.86. The highest BCUT2D eigenvalue weighted by atomic mass is 16.2. The minimum Gasteiger partial charge on any atom is -0.368 e. The zero-order valence-electron chi connectivity index (χ0n) is 19.9. The standard InChI is InChI=1S/C23H33N7O5/c1-14(31)28-8-3-6-18(28)22(34)30-10-4-7-19(30)23(35)29-9-2-5-17(29)21(33)27-16(20(24)32)11-15-12-25-13-26-15/h12-13,16-19H,2-11H2,1H3,(H2,24,32)(H,25,26)(H,27,33)/t16-,17-,18-,19-/m0/s1. The van der Waals surface area contributed by atoms with E-state index in [2.05, 4.69) is 15.3 Å². The smallest absolute Gasteiger partial charge is 0.246 e. The Labute approximate surface area is 203 Å². The number of rotatable bonds is 7. The Balaban J connectivity index is 1.43. The van der Waals surface area contributed by atoms with Gasteiger partial charge in [0.2, 0.25) is 29.5 Å². The zero-order valence-corrected chi connectivity index (χ0v) is 19.9. The summed E-state index contributed by atoms with van der Waals surface area (Å²) in [5.74, 6) is -1.71. The third-order valence-electron chi connectivity index (χ3n) is 7.24. The quantitative estimate of drug-likeness (QED) is 0.443. The summed E-state index contributed by atoms with van der Waals surface area (Å²) in [6, 6.07) is -2.85. The molecule has 3 aliphatic rings. The Morgan fingerprint density at radius 3 is 2.06 bits per heavy atom. The maximum absolute atomic E-state index is 13.6. The van der Waals surface area contributed by atoms with Crippen molar-refractivity contribution in [2.75, 3.05) is 19.6 Å². The van der Waals surface area contributed by atoms with Crippen molar-refractivity contribution >= 4 is 29.5 Å². The van der Waals surface area contributed by atoms with Crippen LogP contribution in [0.5, 0.6) is 0 Å². The minimum atomic E-state index is -0.940. The number of nitrogens with zero attached hydrogens (tertiary/aromatic N) is 4. The molecule has 4 atom stereocenters. The second-order valence-electron chi connectivity index (χ2n) is 9.49. The van der Waals surface area contributed by atoms with Gasteiger partial charge in [0.15, 0.2) is 0 Å². The van der Waals surface area contributed by atoms with Crippen molar-refractivity contribution in [3.63, 3.8) is 0 Å². The molecule has 0 radical (unpaired) electrons. The molecule has 12 nitrogen and oxygen atoms in total. The van der Waals surface area contributed by atoms with Crippen molar-refractivity contribution < 1.29 is 24.0 Å². The minimum absolute atomic E-state index is 0.140. The highest BCUT2D eigenvalue weighted by molar-refractivity contribution is 5.96. The number of nitrogens with one attached hydrogen (secondary N) is 2. The van der Waals surface area contributed by atoms with Crippen LogP contribution >= 0.6 is 0 Å². The fourth-order valence-electron chi connectivity index (χ4n) is 5.48. The molecule has 1 aromatic rings. The van der Waals surface area contributed by atoms with Gasteiger partial charge in [-0.15, -0.1) is 0 Å². The molecule has 190 valence electrons. The zero-order chi connectivity index (χ0) is 25.1. The van der Waals surface area contributed by atoms with Crippen molar-refractivity contribution in [3.05, 3.63) is 18.2 Å². The van der Waals surface area contributed by atoms with Crippen LogP contribution in [-0.4, -0.2) is 98.0 Å². The summed E-state index contributed by atoms with van der Waals surface area (Å²) in [7, 11) is 0. The molecule has 5 amide bonds. The predicted octanol–water partition coefficient (Wildman–Crippen LogP) is -1.08. The topological polar surface area (TPSA) is 162 Å². The molecule has 0 aliphatic carbocycles. The van der Waals surface area contributed by atoms with Crippen molar-refractivity contribution in [3.8, 4) is 0 Å². The molecule has 0 unspecified atom stereocenters. The fraction of sp³-hybridized carbons (Fsp3) is 0.652. The average molecular weight is 488 g/mol. The molecule has 4 rings (SSSR count). The molecule has 4 N–H and O–H groups in total. The van der Waals surface area contributed by atoms with Crippen LogP contribution in [0.2, 0.25) is 0 Å². The molecule has 0 aromatic carbocycles. The largest absolute Gasteiger partial charge is 0.368 e. The molecule has 3 aliphatic heterocycles. The third kappa shape index (κ3) is 5.15. The first-order chi connectivity index (χ1) is 16.8. The van der Waals surface area contributed by atoms with E-state index in [0.29, 0.717) is 57.4 Å². The predicted molar refractivity (Wildman–Crippen MR) is 123 cm³/mol. The van der Waals surface area contributed by atoms with E-state index < -0.39 is 36.0 Å². The van der Waals surface area contributed by atoms with Gasteiger partial charge in [-0.25, -0.2) is 4.98 Å². The summed E-state index contributed by atoms with van der Waals surface area (Å²) in [5, 5.41) is 2.69. The lowest BCUT2D eigenvalue weighted by atomic mass is 10.1. The van der Waals surface area contributed by atoms with Gasteiger partial charge in [-0.2, -0.15) is 0 Å². The van der Waals surface area contributed by atoms with Gasteiger partial charge in [-0.3, -0.25) is 24.0 Å². The highest BCUT2D eigenvalue weighted by Crippen LogP contribution is 2.28. The summed E-state index contributed by atoms with van der Waals surface area (Å²) in [5.41, 5.74) is 6.15. The Morgan fingerprint density at radius 2 is 1.51 bits per heavy atom. The van der Waals surface area contributed by atoms with Gasteiger partial charge in [0, 0.05) is 44.9 Å². The van der Waals surface area contributed by atoms with Crippen LogP contribution in [0.25, 0.3) is 0 Å². The number of aromatic amines is 1. The molecule has 3 fully saturated rings. The average Bonchev–Trinajstić information content (AvgIpc) is 3.63. The van der Waals surface area contributed by atoms with Gasteiger partial charge in [0.25, 0.3) is 0 Å². The number of nitrogens with two attached hydrogens (primary N) is 1. The first-order valence-corrected chi connectivity index (χ1v) is 12.2. The Morgan fingerprint density at radius 1 is 0.971 bits per heavy atom. The number of likely N-dealkylation sites (tertiary alicyclic amines) is 3. The second-order valence-corrected chi connectivity index (χ2v) is 9.49. The van der Waals surface area contributed by atoms with Crippen LogP contribution in [-0.2, 0) is 30.4 Å². The number of imidazole rings is 1. The Bertz CT molecular complexity index is 981. The van der Waals surface area contributed by atoms with Gasteiger partial charge in [-0.1, -0.05) is 0 Å². The van der Waals surface area contributed by atoms with E-state index in [1.807, 2.05) is 0 Å². The molecular formula is C23H33N7O5. The summed E-state index contributed by atoms with van der Waals surface area (Å²) in [6.07, 6.45) is 6.87. The van der Waals surface area contributed by atoms with Gasteiger partial charge < -0.3 is 30.7 Å². The van der Waals surface area contributed by atoms with Crippen LogP contribution in [0, 0.1) is 0 Å². The van der Waals surface area contributed by atoms with Crippen LogP contribution in [0.15, 0.2) is 12.5 Å². The molecule has 0 bridgehead atoms. The van der Waals surface area contributed by atoms with Crippen LogP contribution in [0.3, 0.4) is 0 Å². The summed E-state index contributed by atoms with van der Waals surface area (Å²) in [4.78, 5) is 75.3. The van der Waals surface area contributed by atoms with Crippen molar-refractivity contribution in [1.29, 1.82) is 0 Å². The maximum Gasteiger partial charge on any atom is 0.246 e. The first-order valence-electron chi connectivity index (χ1n) is 12.2. The second kappa shape index (κ2) is 10.4. The van der Waals surface area contributed by atoms with Crippen molar-refractivity contribution in [1.82, 2.24) is 30.0 Å². The molecule has 12 heteroatoms. The molecule has 35 heavy (non-hydrogen) atoms. The van der Waals surface area contributed by atoms with Gasteiger partial charge >= 0.3 is 0 Å². The SMILES string of the molecule is CC(=O)N1CCC[C@H]1C(=O)N1CCC[C@H]1C(=O)N1CCC[C@H]1C(=O)N[C@@H](Cc1cnc[nH]1)C(N)=O. The van der Waals surface area contributed by atoms with Crippen LogP contribution in [0.4, 0.5) is 0 Å². The van der Waals surface area contributed by atoms with Crippen molar-refractivity contribution in [2.45, 2.75) is 76.0 Å². The number of hydrogen-bond donors (Lipinski definition) is 3. The normalized spacial score (nSPS) is 25.1. The summed E-state index contributed by atoms with van der Waals surface area (Å²) >= 11 is 0. The lowest BCUT2D eigenvalue weighted by Gasteiger charge is -2.34. The Hall–Kier alpha value is -3.44. The highest BCUT2D eigenvalue weighted by Gasteiger charge is 2.45. The maximum atomic E-state index is 13.6. The van der Waals surface area contributed by atoms with Gasteiger partial charge in [0.05, 0.1) is 6.33 Å². The van der Waals surface area contributed by atoms with E-state index in [-0.39, 0.29) is 24.1 Å². The van der Waals surface area contributed by atoms with E-state index in [9.17, 15) is 24.0 Å². The van der Waals surface area contributed by atoms with E-state index in [1.54, 1.807) is 16.0 Å². The number of H-pyrrole nitrogens is 1. The Kier molecular flexibility index (Phi) is 7.37. The van der Waals surface area contributed by atoms with Gasteiger partial charge in [0.1, 0.15) is 24.2 Å². The number of primary amides is 1. The summed E-state index contributed by atoms with van der Waals surface area (Å²) < 4.78 is 0. The fourth-order valence-corrected chi connectivity index (χ4v) is 5.48. The monoisotopic (exact) mass is 487 g/mol. The van der Waals surface area contributed by atoms with Crippen LogP contribution < -0.4 is 11.1 Å². The third-order valence-corrected chi connectivity index (χ3v) is 7.24. The molecule has 1 aromatic heterocycles. The number of hydrogen-bond acceptors (Lipinski definition) is 6. The lowest BCUT2D eigenvalue weighted by molar-refractivity contribution is -0.150. The molecular weight excluding hydrogens is 454 g/mol. The molecule has 0 saturated carbocycles. The number of aromatic nitrogens is 2.